The Morgan fingerprint density at radius 1 is 1.37 bits per heavy atom. The summed E-state index contributed by atoms with van der Waals surface area (Å²) in [6.45, 7) is 0. The Bertz CT molecular complexity index is 726. The molecule has 1 aromatic carbocycles. The van der Waals surface area contributed by atoms with Crippen molar-refractivity contribution in [2.75, 3.05) is 4.72 Å². The maximum absolute atomic E-state index is 13.0. The molecule has 0 aliphatic heterocycles. The van der Waals surface area contributed by atoms with Gasteiger partial charge in [0.1, 0.15) is 11.5 Å². The van der Waals surface area contributed by atoms with Gasteiger partial charge >= 0.3 is 5.97 Å². The molecule has 1 heterocycles. The number of aromatic amines is 1. The van der Waals surface area contributed by atoms with Gasteiger partial charge in [-0.15, -0.1) is 0 Å². The molecule has 7 nitrogen and oxygen atoms in total. The van der Waals surface area contributed by atoms with Gasteiger partial charge in [-0.05, 0) is 18.2 Å². The van der Waals surface area contributed by atoms with E-state index in [1.165, 1.54) is 12.1 Å². The first-order valence-corrected chi connectivity index (χ1v) is 6.44. The quantitative estimate of drug-likeness (QED) is 0.777. The number of hydrogen-bond acceptors (Lipinski definition) is 4. The van der Waals surface area contributed by atoms with Crippen LogP contribution in [0.1, 0.15) is 10.5 Å². The number of carboxylic acid groups (broad SMARTS) is 1. The van der Waals surface area contributed by atoms with Crippen molar-refractivity contribution in [2.24, 2.45) is 0 Å². The van der Waals surface area contributed by atoms with Gasteiger partial charge in [0.05, 0.1) is 4.90 Å². The topological polar surface area (TPSA) is 112 Å². The van der Waals surface area contributed by atoms with Crippen molar-refractivity contribution >= 4 is 21.8 Å². The van der Waals surface area contributed by atoms with Crippen molar-refractivity contribution in [3.63, 3.8) is 0 Å². The second-order valence-electron chi connectivity index (χ2n) is 3.53. The average Bonchev–Trinajstić information content (AvgIpc) is 2.77. The maximum Gasteiger partial charge on any atom is 0.353 e. The lowest BCUT2D eigenvalue weighted by atomic mass is 10.4. The molecule has 19 heavy (non-hydrogen) atoms. The van der Waals surface area contributed by atoms with Crippen LogP contribution >= 0.6 is 0 Å². The molecule has 0 amide bonds. The Labute approximate surface area is 107 Å². The number of anilines is 1. The fourth-order valence-electron chi connectivity index (χ4n) is 1.31. The van der Waals surface area contributed by atoms with Crippen LogP contribution in [0, 0.1) is 5.82 Å². The standard InChI is InChI=1S/C10H8FN3O4S/c11-6-2-1-3-7(4-6)19(17,18)14-9-5-8(10(15)16)12-13-9/h1-5H,(H,15,16)(H2,12,13,14). The largest absolute Gasteiger partial charge is 0.477 e. The third kappa shape index (κ3) is 2.88. The number of hydrogen-bond donors (Lipinski definition) is 3. The Hall–Kier alpha value is -2.42. The highest BCUT2D eigenvalue weighted by Gasteiger charge is 2.17. The zero-order valence-electron chi connectivity index (χ0n) is 9.29. The van der Waals surface area contributed by atoms with Crippen molar-refractivity contribution in [1.82, 2.24) is 10.2 Å². The van der Waals surface area contributed by atoms with Crippen molar-refractivity contribution in [2.45, 2.75) is 4.90 Å². The monoisotopic (exact) mass is 285 g/mol. The number of benzene rings is 1. The molecule has 0 saturated carbocycles. The third-order valence-corrected chi connectivity index (χ3v) is 3.51. The summed E-state index contributed by atoms with van der Waals surface area (Å²) >= 11 is 0. The zero-order valence-corrected chi connectivity index (χ0v) is 10.1. The summed E-state index contributed by atoms with van der Waals surface area (Å²) in [6, 6.07) is 5.41. The summed E-state index contributed by atoms with van der Waals surface area (Å²) in [4.78, 5) is 10.3. The SMILES string of the molecule is O=C(O)c1cc(NS(=O)(=O)c2cccc(F)c2)n[nH]1. The van der Waals surface area contributed by atoms with E-state index in [1.807, 2.05) is 4.72 Å². The number of nitrogens with zero attached hydrogens (tertiary/aromatic N) is 1. The summed E-state index contributed by atoms with van der Waals surface area (Å²) in [5.74, 6) is -2.17. The molecule has 0 bridgehead atoms. The summed E-state index contributed by atoms with van der Waals surface area (Å²) in [6.07, 6.45) is 0. The van der Waals surface area contributed by atoms with Gasteiger partial charge in [-0.3, -0.25) is 9.82 Å². The predicted molar refractivity (Wildman–Crippen MR) is 62.8 cm³/mol. The van der Waals surface area contributed by atoms with E-state index >= 15 is 0 Å². The fourth-order valence-corrected chi connectivity index (χ4v) is 2.34. The van der Waals surface area contributed by atoms with Crippen molar-refractivity contribution < 1.29 is 22.7 Å². The fraction of sp³-hybridized carbons (Fsp3) is 0. The number of nitrogens with one attached hydrogen (secondary N) is 2. The molecule has 1 aromatic heterocycles. The number of aromatic nitrogens is 2. The van der Waals surface area contributed by atoms with Crippen molar-refractivity contribution in [3.8, 4) is 0 Å². The number of sulfonamides is 1. The number of H-pyrrole nitrogens is 1. The second-order valence-corrected chi connectivity index (χ2v) is 5.22. The molecule has 2 aromatic rings. The van der Waals surface area contributed by atoms with Gasteiger partial charge in [0.15, 0.2) is 5.82 Å². The van der Waals surface area contributed by atoms with Gasteiger partial charge in [-0.1, -0.05) is 6.07 Å². The lowest BCUT2D eigenvalue weighted by molar-refractivity contribution is 0.0690. The third-order valence-electron chi connectivity index (χ3n) is 2.15. The molecule has 0 atom stereocenters. The summed E-state index contributed by atoms with van der Waals surface area (Å²) in [5.41, 5.74) is -0.267. The molecule has 3 N–H and O–H groups in total. The molecule has 9 heteroatoms. The minimum atomic E-state index is -4.01. The smallest absolute Gasteiger partial charge is 0.353 e. The van der Waals surface area contributed by atoms with E-state index in [1.54, 1.807) is 0 Å². The van der Waals surface area contributed by atoms with Crippen LogP contribution in [0.2, 0.25) is 0 Å². The van der Waals surface area contributed by atoms with E-state index in [2.05, 4.69) is 10.2 Å². The van der Waals surface area contributed by atoms with E-state index in [9.17, 15) is 17.6 Å². The molecular weight excluding hydrogens is 277 g/mol. The van der Waals surface area contributed by atoms with E-state index in [4.69, 9.17) is 5.11 Å². The lowest BCUT2D eigenvalue weighted by Gasteiger charge is -2.04. The van der Waals surface area contributed by atoms with Crippen LogP contribution in [0.25, 0.3) is 0 Å². The van der Waals surface area contributed by atoms with Crippen molar-refractivity contribution in [1.29, 1.82) is 0 Å². The first-order valence-electron chi connectivity index (χ1n) is 4.95. The molecule has 0 radical (unpaired) electrons. The van der Waals surface area contributed by atoms with Crippen LogP contribution in [0.3, 0.4) is 0 Å². The van der Waals surface area contributed by atoms with Gasteiger partial charge < -0.3 is 5.11 Å². The van der Waals surface area contributed by atoms with Crippen LogP contribution in [-0.2, 0) is 10.0 Å². The van der Waals surface area contributed by atoms with Crippen molar-refractivity contribution in [3.05, 3.63) is 41.8 Å². The lowest BCUT2D eigenvalue weighted by Crippen LogP contribution is -2.13. The molecule has 2 rings (SSSR count). The molecule has 100 valence electrons. The van der Waals surface area contributed by atoms with Gasteiger partial charge in [-0.25, -0.2) is 17.6 Å². The van der Waals surface area contributed by atoms with E-state index in [0.29, 0.717) is 0 Å². The molecule has 0 spiro atoms. The summed E-state index contributed by atoms with van der Waals surface area (Å²) in [7, 11) is -4.01. The predicted octanol–water partition coefficient (Wildman–Crippen LogP) is 1.05. The minimum absolute atomic E-state index is 0.193. The van der Waals surface area contributed by atoms with Gasteiger partial charge in [0.2, 0.25) is 0 Å². The molecule has 0 fully saturated rings. The van der Waals surface area contributed by atoms with Gasteiger partial charge in [0.25, 0.3) is 10.0 Å². The highest BCUT2D eigenvalue weighted by molar-refractivity contribution is 7.92. The number of carbonyl (C=O) groups is 1. The van der Waals surface area contributed by atoms with Crippen LogP contribution in [-0.4, -0.2) is 29.7 Å². The Kier molecular flexibility index (Phi) is 3.21. The maximum atomic E-state index is 13.0. The minimum Gasteiger partial charge on any atom is -0.477 e. The molecular formula is C10H8FN3O4S. The number of carboxylic acids is 1. The number of aromatic carboxylic acids is 1. The Morgan fingerprint density at radius 3 is 2.68 bits per heavy atom. The summed E-state index contributed by atoms with van der Waals surface area (Å²) < 4.78 is 38.7. The van der Waals surface area contributed by atoms with Crippen LogP contribution in [0.15, 0.2) is 35.2 Å². The highest BCUT2D eigenvalue weighted by Crippen LogP contribution is 2.15. The van der Waals surface area contributed by atoms with E-state index in [0.717, 1.165) is 18.2 Å². The molecule has 0 aliphatic carbocycles. The number of halogens is 1. The Balaban J connectivity index is 2.28. The first-order chi connectivity index (χ1) is 8.88. The van der Waals surface area contributed by atoms with Gasteiger partial charge in [-0.2, -0.15) is 5.10 Å². The number of rotatable bonds is 4. The normalized spacial score (nSPS) is 11.2. The zero-order chi connectivity index (χ0) is 14.0. The van der Waals surface area contributed by atoms with E-state index in [-0.39, 0.29) is 16.4 Å². The Morgan fingerprint density at radius 2 is 2.11 bits per heavy atom. The second kappa shape index (κ2) is 4.69. The van der Waals surface area contributed by atoms with Crippen LogP contribution < -0.4 is 4.72 Å². The molecule has 0 aliphatic rings. The first kappa shape index (κ1) is 13.0. The molecule has 0 saturated heterocycles. The van der Waals surface area contributed by atoms with Gasteiger partial charge in [0, 0.05) is 6.07 Å². The van der Waals surface area contributed by atoms with Crippen LogP contribution in [0.5, 0.6) is 0 Å². The summed E-state index contributed by atoms with van der Waals surface area (Å²) in [5, 5.41) is 14.3. The van der Waals surface area contributed by atoms with Crippen LogP contribution in [0.4, 0.5) is 10.2 Å². The van der Waals surface area contributed by atoms with E-state index < -0.39 is 21.8 Å². The average molecular weight is 285 g/mol. The highest BCUT2D eigenvalue weighted by atomic mass is 32.2. The molecule has 0 unspecified atom stereocenters.